The van der Waals surface area contributed by atoms with E-state index in [1.807, 2.05) is 13.8 Å². The van der Waals surface area contributed by atoms with Gasteiger partial charge in [0.25, 0.3) is 0 Å². The molecule has 0 aliphatic rings. The number of hydrogen-bond acceptors (Lipinski definition) is 4. The minimum atomic E-state index is -3.85. The highest BCUT2D eigenvalue weighted by molar-refractivity contribution is 7.87. The summed E-state index contributed by atoms with van der Waals surface area (Å²) in [6.45, 7) is 5.61. The Hall–Kier alpha value is -1.88. The van der Waals surface area contributed by atoms with E-state index in [4.69, 9.17) is 4.18 Å². The number of aromatic nitrogens is 1. The van der Waals surface area contributed by atoms with E-state index in [-0.39, 0.29) is 10.8 Å². The molecule has 1 aromatic carbocycles. The normalized spacial score (nSPS) is 11.3. The van der Waals surface area contributed by atoms with Gasteiger partial charge in [0, 0.05) is 12.3 Å². The molecule has 5 heteroatoms. The fourth-order valence-corrected chi connectivity index (χ4v) is 2.93. The van der Waals surface area contributed by atoms with Crippen LogP contribution in [0.2, 0.25) is 0 Å². The molecule has 0 aliphatic heterocycles. The summed E-state index contributed by atoms with van der Waals surface area (Å²) in [5, 5.41) is 0. The molecule has 1 aromatic heterocycles. The predicted molar refractivity (Wildman–Crippen MR) is 72.7 cm³/mol. The summed E-state index contributed by atoms with van der Waals surface area (Å²) >= 11 is 0. The maximum absolute atomic E-state index is 12.2. The third-order valence-corrected chi connectivity index (χ3v) is 4.48. The molecule has 0 saturated heterocycles. The van der Waals surface area contributed by atoms with Crippen molar-refractivity contribution in [2.45, 2.75) is 25.7 Å². The van der Waals surface area contributed by atoms with Crippen LogP contribution >= 0.6 is 0 Å². The first-order valence-corrected chi connectivity index (χ1v) is 7.25. The molecular formula is C14H15NO3S. The van der Waals surface area contributed by atoms with Crippen molar-refractivity contribution in [2.24, 2.45) is 0 Å². The molecule has 0 radical (unpaired) electrons. The minimum Gasteiger partial charge on any atom is -0.358 e. The van der Waals surface area contributed by atoms with Crippen molar-refractivity contribution in [3.05, 3.63) is 53.2 Å². The van der Waals surface area contributed by atoms with Gasteiger partial charge in [0.1, 0.15) is 4.90 Å². The van der Waals surface area contributed by atoms with Crippen LogP contribution in [0.4, 0.5) is 0 Å². The van der Waals surface area contributed by atoms with Crippen molar-refractivity contribution < 1.29 is 12.6 Å². The fraction of sp³-hybridized carbons (Fsp3) is 0.214. The molecule has 0 unspecified atom stereocenters. The van der Waals surface area contributed by atoms with Crippen molar-refractivity contribution in [1.82, 2.24) is 4.98 Å². The largest absolute Gasteiger partial charge is 0.358 e. The molecule has 0 atom stereocenters. The Balaban J connectivity index is 2.44. The summed E-state index contributed by atoms with van der Waals surface area (Å²) in [5.74, 6) is 0.0696. The average molecular weight is 277 g/mol. The summed E-state index contributed by atoms with van der Waals surface area (Å²) < 4.78 is 29.5. The quantitative estimate of drug-likeness (QED) is 0.809. The molecule has 19 heavy (non-hydrogen) atoms. The summed E-state index contributed by atoms with van der Waals surface area (Å²) in [6.07, 6.45) is 1.48. The highest BCUT2D eigenvalue weighted by Crippen LogP contribution is 2.23. The molecule has 0 amide bonds. The lowest BCUT2D eigenvalue weighted by Gasteiger charge is -2.11. The number of pyridine rings is 1. The van der Waals surface area contributed by atoms with Crippen molar-refractivity contribution in [2.75, 3.05) is 0 Å². The van der Waals surface area contributed by atoms with E-state index in [9.17, 15) is 8.42 Å². The molecule has 0 bridgehead atoms. The molecule has 0 aliphatic carbocycles. The van der Waals surface area contributed by atoms with Crippen LogP contribution < -0.4 is 4.18 Å². The zero-order valence-electron chi connectivity index (χ0n) is 11.0. The first-order chi connectivity index (χ1) is 8.92. The van der Waals surface area contributed by atoms with Crippen molar-refractivity contribution >= 4 is 10.1 Å². The molecule has 4 nitrogen and oxygen atoms in total. The summed E-state index contributed by atoms with van der Waals surface area (Å²) in [4.78, 5) is 4.04. The van der Waals surface area contributed by atoms with Crippen LogP contribution in [0.1, 0.15) is 16.7 Å². The summed E-state index contributed by atoms with van der Waals surface area (Å²) in [6, 6.07) is 8.22. The van der Waals surface area contributed by atoms with Gasteiger partial charge in [0.05, 0.1) is 0 Å². The monoisotopic (exact) mass is 277 g/mol. The number of nitrogens with zero attached hydrogens (tertiary/aromatic N) is 1. The zero-order chi connectivity index (χ0) is 14.0. The van der Waals surface area contributed by atoms with E-state index >= 15 is 0 Å². The predicted octanol–water partition coefficient (Wildman–Crippen LogP) is 2.77. The minimum absolute atomic E-state index is 0.0696. The van der Waals surface area contributed by atoms with Crippen molar-refractivity contribution in [3.63, 3.8) is 0 Å². The maximum Gasteiger partial charge on any atom is 0.340 e. The van der Waals surface area contributed by atoms with Crippen molar-refractivity contribution in [3.8, 4) is 5.88 Å². The zero-order valence-corrected chi connectivity index (χ0v) is 11.9. The lowest BCUT2D eigenvalue weighted by Crippen LogP contribution is -2.12. The topological polar surface area (TPSA) is 56.3 Å². The van der Waals surface area contributed by atoms with Gasteiger partial charge in [-0.25, -0.2) is 4.98 Å². The van der Waals surface area contributed by atoms with Crippen LogP contribution in [-0.2, 0) is 10.1 Å². The molecule has 2 rings (SSSR count). The number of rotatable bonds is 3. The Labute approximate surface area is 113 Å². The van der Waals surface area contributed by atoms with Gasteiger partial charge >= 0.3 is 10.1 Å². The second-order valence-corrected chi connectivity index (χ2v) is 5.85. The van der Waals surface area contributed by atoms with Gasteiger partial charge in [-0.05, 0) is 49.6 Å². The lowest BCUT2D eigenvalue weighted by molar-refractivity contribution is 0.475. The van der Waals surface area contributed by atoms with Gasteiger partial charge in [-0.3, -0.25) is 0 Å². The molecule has 0 saturated carbocycles. The Bertz CT molecular complexity index is 694. The van der Waals surface area contributed by atoms with Gasteiger partial charge < -0.3 is 4.18 Å². The molecule has 1 heterocycles. The molecule has 0 spiro atoms. The lowest BCUT2D eigenvalue weighted by atomic mass is 10.1. The van der Waals surface area contributed by atoms with E-state index < -0.39 is 10.1 Å². The SMILES string of the molecule is Cc1ccc(S(=O)(=O)Oc2ccccn2)c(C)c1C. The molecule has 0 fully saturated rings. The van der Waals surface area contributed by atoms with Crippen molar-refractivity contribution in [1.29, 1.82) is 0 Å². The van der Waals surface area contributed by atoms with Crippen LogP contribution in [0.25, 0.3) is 0 Å². The molecule has 0 N–H and O–H groups in total. The van der Waals surface area contributed by atoms with Gasteiger partial charge in [-0.2, -0.15) is 8.42 Å². The summed E-state index contributed by atoms with van der Waals surface area (Å²) in [5.41, 5.74) is 2.70. The van der Waals surface area contributed by atoms with Crippen LogP contribution in [-0.4, -0.2) is 13.4 Å². The first kappa shape index (κ1) is 13.5. The highest BCUT2D eigenvalue weighted by Gasteiger charge is 2.21. The Morgan fingerprint density at radius 3 is 2.37 bits per heavy atom. The molecule has 100 valence electrons. The Kier molecular flexibility index (Phi) is 3.57. The summed E-state index contributed by atoms with van der Waals surface area (Å²) in [7, 11) is -3.85. The van der Waals surface area contributed by atoms with Gasteiger partial charge in [0.15, 0.2) is 0 Å². The Morgan fingerprint density at radius 2 is 1.74 bits per heavy atom. The van der Waals surface area contributed by atoms with Crippen LogP contribution in [0.15, 0.2) is 41.4 Å². The standard InChI is InChI=1S/C14H15NO3S/c1-10-7-8-13(12(3)11(10)2)19(16,17)18-14-6-4-5-9-15-14/h4-9H,1-3H3. The van der Waals surface area contributed by atoms with E-state index in [0.717, 1.165) is 11.1 Å². The Morgan fingerprint density at radius 1 is 1.00 bits per heavy atom. The van der Waals surface area contributed by atoms with E-state index in [0.29, 0.717) is 5.56 Å². The van der Waals surface area contributed by atoms with Gasteiger partial charge in [-0.15, -0.1) is 0 Å². The molecule has 2 aromatic rings. The third kappa shape index (κ3) is 2.76. The maximum atomic E-state index is 12.2. The first-order valence-electron chi connectivity index (χ1n) is 5.84. The average Bonchev–Trinajstić information content (AvgIpc) is 2.36. The van der Waals surface area contributed by atoms with E-state index in [1.54, 1.807) is 31.2 Å². The second kappa shape index (κ2) is 5.01. The van der Waals surface area contributed by atoms with Crippen LogP contribution in [0, 0.1) is 20.8 Å². The van der Waals surface area contributed by atoms with Gasteiger partial charge in [-0.1, -0.05) is 12.1 Å². The van der Waals surface area contributed by atoms with E-state index in [1.165, 1.54) is 12.3 Å². The van der Waals surface area contributed by atoms with Gasteiger partial charge in [0.2, 0.25) is 5.88 Å². The number of aryl methyl sites for hydroxylation is 1. The smallest absolute Gasteiger partial charge is 0.340 e. The fourth-order valence-electron chi connectivity index (χ4n) is 1.76. The van der Waals surface area contributed by atoms with Crippen LogP contribution in [0.5, 0.6) is 5.88 Å². The third-order valence-electron chi connectivity index (χ3n) is 3.11. The highest BCUT2D eigenvalue weighted by atomic mass is 32.2. The molecular weight excluding hydrogens is 262 g/mol. The second-order valence-electron chi connectivity index (χ2n) is 4.34. The number of benzene rings is 1. The van der Waals surface area contributed by atoms with E-state index in [2.05, 4.69) is 4.98 Å². The van der Waals surface area contributed by atoms with Crippen LogP contribution in [0.3, 0.4) is 0 Å². The number of hydrogen-bond donors (Lipinski definition) is 0.